The average molecular weight is 229 g/mol. The van der Waals surface area contributed by atoms with Crippen molar-refractivity contribution in [3.05, 3.63) is 0 Å². The fraction of sp³-hybridized carbons (Fsp3) is 0.929. The Bertz CT molecular complexity index is 170. The summed E-state index contributed by atoms with van der Waals surface area (Å²) in [5.41, 5.74) is -0.141. The molecule has 0 aromatic heterocycles. The highest BCUT2D eigenvalue weighted by atomic mass is 16.2. The summed E-state index contributed by atoms with van der Waals surface area (Å²) >= 11 is 0. The Morgan fingerprint density at radius 2 is 1.50 bits per heavy atom. The van der Waals surface area contributed by atoms with Gasteiger partial charge in [-0.2, -0.15) is 0 Å². The summed E-state index contributed by atoms with van der Waals surface area (Å²) in [5.74, 6) is 0.638. The Hall–Kier alpha value is -0.530. The maximum Gasteiger partial charge on any atom is 0.226 e. The highest BCUT2D eigenvalue weighted by Crippen LogP contribution is 2.37. The van der Waals surface area contributed by atoms with Crippen LogP contribution in [0.25, 0.3) is 0 Å². The second kappa shape index (κ2) is 9.68. The van der Waals surface area contributed by atoms with Crippen LogP contribution in [-0.2, 0) is 4.79 Å². The molecule has 1 amide bonds. The molecule has 2 nitrogen and oxygen atoms in total. The fourth-order valence-corrected chi connectivity index (χ4v) is 2.33. The molecule has 2 heteroatoms. The molecule has 1 N–H and O–H groups in total. The maximum absolute atomic E-state index is 11.9. The number of rotatable bonds is 6. The van der Waals surface area contributed by atoms with Gasteiger partial charge in [0, 0.05) is 7.05 Å². The van der Waals surface area contributed by atoms with Crippen molar-refractivity contribution in [3.63, 3.8) is 0 Å². The molecule has 0 rings (SSSR count). The van der Waals surface area contributed by atoms with Gasteiger partial charge in [-0.25, -0.2) is 0 Å². The molecule has 0 heterocycles. The van der Waals surface area contributed by atoms with Crippen molar-refractivity contribution in [3.8, 4) is 0 Å². The first-order valence-corrected chi connectivity index (χ1v) is 6.77. The SMILES string of the molecule is CC.CCCC(CCC)(C(=O)NC)C(C)C. The quantitative estimate of drug-likeness (QED) is 0.733. The van der Waals surface area contributed by atoms with Crippen molar-refractivity contribution >= 4 is 5.91 Å². The lowest BCUT2D eigenvalue weighted by Gasteiger charge is -2.35. The predicted octanol–water partition coefficient (Wildman–Crippen LogP) is 4.00. The monoisotopic (exact) mass is 229 g/mol. The molecule has 0 aliphatic rings. The van der Waals surface area contributed by atoms with E-state index in [-0.39, 0.29) is 11.3 Å². The van der Waals surface area contributed by atoms with Gasteiger partial charge in [0.25, 0.3) is 0 Å². The van der Waals surface area contributed by atoms with Crippen LogP contribution < -0.4 is 5.32 Å². The highest BCUT2D eigenvalue weighted by Gasteiger charge is 2.38. The van der Waals surface area contributed by atoms with Gasteiger partial charge >= 0.3 is 0 Å². The van der Waals surface area contributed by atoms with E-state index < -0.39 is 0 Å². The Kier molecular flexibility index (Phi) is 10.8. The standard InChI is InChI=1S/C12H25NO.C2H6/c1-6-8-12(9-7-2,10(3)4)11(14)13-5;1-2/h10H,6-9H2,1-5H3,(H,13,14);1-2H3. The zero-order valence-corrected chi connectivity index (χ0v) is 12.3. The molecule has 0 saturated heterocycles. The smallest absolute Gasteiger partial charge is 0.226 e. The van der Waals surface area contributed by atoms with Crippen molar-refractivity contribution in [2.24, 2.45) is 11.3 Å². The second-order valence-electron chi connectivity index (χ2n) is 4.39. The summed E-state index contributed by atoms with van der Waals surface area (Å²) in [5, 5.41) is 2.82. The number of carbonyl (C=O) groups excluding carboxylic acids is 1. The van der Waals surface area contributed by atoms with Crippen LogP contribution in [0.1, 0.15) is 67.2 Å². The molecule has 0 aliphatic heterocycles. The first-order chi connectivity index (χ1) is 7.55. The first-order valence-electron chi connectivity index (χ1n) is 6.77. The molecule has 16 heavy (non-hydrogen) atoms. The van der Waals surface area contributed by atoms with E-state index in [1.165, 1.54) is 0 Å². The third-order valence-corrected chi connectivity index (χ3v) is 3.18. The molecule has 0 radical (unpaired) electrons. The van der Waals surface area contributed by atoms with Gasteiger partial charge < -0.3 is 5.32 Å². The van der Waals surface area contributed by atoms with Crippen LogP contribution in [-0.4, -0.2) is 13.0 Å². The summed E-state index contributed by atoms with van der Waals surface area (Å²) in [6, 6.07) is 0. The summed E-state index contributed by atoms with van der Waals surface area (Å²) in [4.78, 5) is 11.9. The lowest BCUT2D eigenvalue weighted by Crippen LogP contribution is -2.43. The molecule has 0 aromatic rings. The minimum absolute atomic E-state index is 0.141. The van der Waals surface area contributed by atoms with Crippen LogP contribution in [0.4, 0.5) is 0 Å². The van der Waals surface area contributed by atoms with Gasteiger partial charge in [-0.05, 0) is 18.8 Å². The second-order valence-corrected chi connectivity index (χ2v) is 4.39. The van der Waals surface area contributed by atoms with Crippen LogP contribution in [0, 0.1) is 11.3 Å². The van der Waals surface area contributed by atoms with Crippen LogP contribution in [0.15, 0.2) is 0 Å². The normalized spacial score (nSPS) is 10.8. The van der Waals surface area contributed by atoms with E-state index in [2.05, 4.69) is 33.0 Å². The molecule has 0 aliphatic carbocycles. The maximum atomic E-state index is 11.9. The van der Waals surface area contributed by atoms with Gasteiger partial charge in [-0.3, -0.25) is 4.79 Å². The molecule has 0 atom stereocenters. The van der Waals surface area contributed by atoms with E-state index in [9.17, 15) is 4.79 Å². The number of hydrogen-bond acceptors (Lipinski definition) is 1. The van der Waals surface area contributed by atoms with E-state index in [1.54, 1.807) is 7.05 Å². The van der Waals surface area contributed by atoms with Gasteiger partial charge in [0.05, 0.1) is 5.41 Å². The summed E-state index contributed by atoms with van der Waals surface area (Å²) < 4.78 is 0. The van der Waals surface area contributed by atoms with Crippen LogP contribution in [0.2, 0.25) is 0 Å². The van der Waals surface area contributed by atoms with Crippen LogP contribution in [0.3, 0.4) is 0 Å². The Morgan fingerprint density at radius 3 is 1.69 bits per heavy atom. The van der Waals surface area contributed by atoms with Gasteiger partial charge in [0.15, 0.2) is 0 Å². The van der Waals surface area contributed by atoms with Crippen molar-refractivity contribution in [2.45, 2.75) is 67.2 Å². The number of amides is 1. The molecule has 0 bridgehead atoms. The van der Waals surface area contributed by atoms with Crippen molar-refractivity contribution < 1.29 is 4.79 Å². The van der Waals surface area contributed by atoms with E-state index in [0.717, 1.165) is 25.7 Å². The van der Waals surface area contributed by atoms with Crippen molar-refractivity contribution in [2.75, 3.05) is 7.05 Å². The fourth-order valence-electron chi connectivity index (χ4n) is 2.33. The third kappa shape index (κ3) is 4.54. The lowest BCUT2D eigenvalue weighted by atomic mass is 9.70. The highest BCUT2D eigenvalue weighted by molar-refractivity contribution is 5.82. The van der Waals surface area contributed by atoms with Crippen LogP contribution >= 0.6 is 0 Å². The summed E-state index contributed by atoms with van der Waals surface area (Å²) in [6.45, 7) is 12.6. The van der Waals surface area contributed by atoms with E-state index >= 15 is 0 Å². The van der Waals surface area contributed by atoms with E-state index in [1.807, 2.05) is 13.8 Å². The topological polar surface area (TPSA) is 29.1 Å². The van der Waals surface area contributed by atoms with E-state index in [0.29, 0.717) is 5.92 Å². The Labute approximate surface area is 102 Å². The summed E-state index contributed by atoms with van der Waals surface area (Å²) in [6.07, 6.45) is 4.15. The van der Waals surface area contributed by atoms with E-state index in [4.69, 9.17) is 0 Å². The molecule has 0 aromatic carbocycles. The number of carbonyl (C=O) groups is 1. The molecule has 0 fully saturated rings. The Morgan fingerprint density at radius 1 is 1.12 bits per heavy atom. The van der Waals surface area contributed by atoms with Gasteiger partial charge in [-0.15, -0.1) is 0 Å². The van der Waals surface area contributed by atoms with Crippen molar-refractivity contribution in [1.82, 2.24) is 5.32 Å². The summed E-state index contributed by atoms with van der Waals surface area (Å²) in [7, 11) is 1.74. The minimum atomic E-state index is -0.141. The zero-order chi connectivity index (χ0) is 13.2. The number of nitrogens with one attached hydrogen (secondary N) is 1. The van der Waals surface area contributed by atoms with Crippen LogP contribution in [0.5, 0.6) is 0 Å². The molecule has 0 spiro atoms. The average Bonchev–Trinajstić information content (AvgIpc) is 2.29. The Balaban J connectivity index is 0. The van der Waals surface area contributed by atoms with Gasteiger partial charge in [0.1, 0.15) is 0 Å². The largest absolute Gasteiger partial charge is 0.359 e. The molecule has 98 valence electrons. The van der Waals surface area contributed by atoms with Gasteiger partial charge in [-0.1, -0.05) is 54.4 Å². The molecule has 0 saturated carbocycles. The number of hydrogen-bond donors (Lipinski definition) is 1. The molecule has 0 unspecified atom stereocenters. The molecular weight excluding hydrogens is 198 g/mol. The predicted molar refractivity (Wildman–Crippen MR) is 72.5 cm³/mol. The zero-order valence-electron chi connectivity index (χ0n) is 12.3. The molecular formula is C14H31NO. The first kappa shape index (κ1) is 17.9. The van der Waals surface area contributed by atoms with Gasteiger partial charge in [0.2, 0.25) is 5.91 Å². The third-order valence-electron chi connectivity index (χ3n) is 3.18. The van der Waals surface area contributed by atoms with Crippen molar-refractivity contribution in [1.29, 1.82) is 0 Å². The lowest BCUT2D eigenvalue weighted by molar-refractivity contribution is -0.134. The minimum Gasteiger partial charge on any atom is -0.359 e.